The second-order valence-corrected chi connectivity index (χ2v) is 16.5. The van der Waals surface area contributed by atoms with Crippen LogP contribution in [0, 0.1) is 29.1 Å². The smallest absolute Gasteiger partial charge is 0.251 e. The Hall–Kier alpha value is -3.96. The number of para-hydroxylation sites is 1. The third kappa shape index (κ3) is 7.83. The van der Waals surface area contributed by atoms with E-state index in [4.69, 9.17) is 9.57 Å². The van der Waals surface area contributed by atoms with Crippen molar-refractivity contribution in [1.29, 1.82) is 0 Å². The fraction of sp³-hybridized carbons (Fsp3) is 0.535. The number of benzene rings is 3. The van der Waals surface area contributed by atoms with Gasteiger partial charge in [-0.3, -0.25) is 14.4 Å². The van der Waals surface area contributed by atoms with E-state index in [0.29, 0.717) is 35.5 Å². The number of hydrogen-bond donors (Lipinski definition) is 4. The minimum Gasteiger partial charge on any atom is -0.496 e. The number of amides is 2. The molecule has 1 aliphatic heterocycles. The molecule has 3 aliphatic carbocycles. The summed E-state index contributed by atoms with van der Waals surface area (Å²) in [6, 6.07) is 20.8. The number of hydrogen-bond acceptors (Lipinski definition) is 8. The van der Waals surface area contributed by atoms with E-state index >= 15 is 0 Å². The highest BCUT2D eigenvalue weighted by molar-refractivity contribution is 5.97. The molecule has 10 heteroatoms. The molecule has 1 heterocycles. The molecule has 53 heavy (non-hydrogen) atoms. The number of carbonyl (C=O) groups is 2. The van der Waals surface area contributed by atoms with Gasteiger partial charge in [-0.2, -0.15) is 5.06 Å². The lowest BCUT2D eigenvalue weighted by molar-refractivity contribution is -0.183. The zero-order valence-electron chi connectivity index (χ0n) is 32.5. The fourth-order valence-electron chi connectivity index (χ4n) is 9.31. The first-order valence-corrected chi connectivity index (χ1v) is 19.1. The summed E-state index contributed by atoms with van der Waals surface area (Å²) in [5.74, 6) is 1.05. The summed E-state index contributed by atoms with van der Waals surface area (Å²) < 4.78 is 6.07. The van der Waals surface area contributed by atoms with Crippen molar-refractivity contribution in [2.45, 2.75) is 90.8 Å². The molecule has 0 aromatic heterocycles. The molecule has 2 amide bonds. The van der Waals surface area contributed by atoms with E-state index in [0.717, 1.165) is 34.4 Å². The van der Waals surface area contributed by atoms with Gasteiger partial charge in [0.1, 0.15) is 17.9 Å². The number of methoxy groups -OCH3 is 1. The average Bonchev–Trinajstić information content (AvgIpc) is 3.50. The van der Waals surface area contributed by atoms with Crippen LogP contribution in [0.2, 0.25) is 0 Å². The highest BCUT2D eigenvalue weighted by Gasteiger charge is 2.57. The number of rotatable bonds is 13. The van der Waals surface area contributed by atoms with Crippen LogP contribution in [0.4, 0.5) is 5.69 Å². The van der Waals surface area contributed by atoms with Crippen molar-refractivity contribution in [3.05, 3.63) is 83.4 Å². The molecule has 4 aliphatic rings. The van der Waals surface area contributed by atoms with Crippen LogP contribution >= 0.6 is 0 Å². The Morgan fingerprint density at radius 3 is 2.42 bits per heavy atom. The maximum absolute atomic E-state index is 14.2. The molecule has 4 fully saturated rings. The van der Waals surface area contributed by atoms with E-state index in [-0.39, 0.29) is 42.5 Å². The number of hydroxylamine groups is 2. The molecule has 10 nitrogen and oxygen atoms in total. The maximum Gasteiger partial charge on any atom is 0.251 e. The van der Waals surface area contributed by atoms with Gasteiger partial charge < -0.3 is 30.5 Å². The molecule has 3 aromatic rings. The Morgan fingerprint density at radius 1 is 1.06 bits per heavy atom. The predicted octanol–water partition coefficient (Wildman–Crippen LogP) is 5.45. The first-order valence-electron chi connectivity index (χ1n) is 19.1. The topological polar surface area (TPSA) is 124 Å². The average molecular weight is 727 g/mol. The van der Waals surface area contributed by atoms with Crippen molar-refractivity contribution in [1.82, 2.24) is 15.7 Å². The van der Waals surface area contributed by atoms with Gasteiger partial charge in [0.2, 0.25) is 5.91 Å². The molecular weight excluding hydrogens is 668 g/mol. The van der Waals surface area contributed by atoms with Crippen molar-refractivity contribution in [3.63, 3.8) is 0 Å². The van der Waals surface area contributed by atoms with E-state index in [1.165, 1.54) is 6.42 Å². The van der Waals surface area contributed by atoms with Gasteiger partial charge in [0.25, 0.3) is 5.91 Å². The van der Waals surface area contributed by atoms with E-state index in [2.05, 4.69) is 43.5 Å². The number of fused-ring (bicyclic) bond motifs is 2. The summed E-state index contributed by atoms with van der Waals surface area (Å²) in [6.45, 7) is 10.4. The van der Waals surface area contributed by atoms with Gasteiger partial charge in [0.15, 0.2) is 0 Å². The molecule has 2 bridgehead atoms. The zero-order chi connectivity index (χ0) is 38.2. The Kier molecular flexibility index (Phi) is 11.5. The number of carbonyl (C=O) groups excluding carboxylic acids is 2. The lowest BCUT2D eigenvalue weighted by Crippen LogP contribution is -2.62. The summed E-state index contributed by atoms with van der Waals surface area (Å²) in [6.07, 6.45) is 1.20. The van der Waals surface area contributed by atoms with Gasteiger partial charge in [-0.1, -0.05) is 69.3 Å². The van der Waals surface area contributed by atoms with E-state index in [1.54, 1.807) is 19.1 Å². The first kappa shape index (κ1) is 38.8. The van der Waals surface area contributed by atoms with E-state index < -0.39 is 24.2 Å². The van der Waals surface area contributed by atoms with Gasteiger partial charge in [-0.05, 0) is 85.6 Å². The number of aliphatic hydroxyl groups is 2. The molecule has 0 radical (unpaired) electrons. The van der Waals surface area contributed by atoms with Crippen LogP contribution in [-0.4, -0.2) is 85.2 Å². The normalized spacial score (nSPS) is 27.3. The lowest BCUT2D eigenvalue weighted by atomic mass is 9.45. The standard InChI is InChI=1S/C43H58N4O6/c1-25(17-28-13-10-9-11-14-28)44-41(50)31-18-30(19-33(20-31)46(6)7)34-16-12-15-29(40(34)52-8)23-47-39(38(27(3)49)37(24-48)53-47)42(51)45-36-22-32-21-35(26(36)2)43(32,4)5/h9-16,18-20,25-27,32,35-39,48-49H,17,21-24H2,1-8H3,(H,44,50)(H,45,51)/t25-,26+,27+,32-,35+,36?,37+,38+,39+/m1/s1. The Morgan fingerprint density at radius 2 is 1.79 bits per heavy atom. The second kappa shape index (κ2) is 15.8. The van der Waals surface area contributed by atoms with Gasteiger partial charge >= 0.3 is 0 Å². The maximum atomic E-state index is 14.2. The lowest BCUT2D eigenvalue weighted by Gasteiger charge is -2.62. The summed E-state index contributed by atoms with van der Waals surface area (Å²) in [7, 11) is 5.49. The van der Waals surface area contributed by atoms with Gasteiger partial charge in [-0.25, -0.2) is 0 Å². The van der Waals surface area contributed by atoms with Crippen molar-refractivity contribution in [2.24, 2.45) is 29.1 Å². The number of nitrogens with zero attached hydrogens (tertiary/aromatic N) is 2. The summed E-state index contributed by atoms with van der Waals surface area (Å²) in [5, 5.41) is 29.4. The molecular formula is C43H58N4O6. The number of anilines is 1. The van der Waals surface area contributed by atoms with Gasteiger partial charge in [0.05, 0.1) is 26.4 Å². The minimum atomic E-state index is -0.897. The molecule has 1 unspecified atom stereocenters. The SMILES string of the molecule is COc1c(CN2O[C@@H](CO)[C@H]([C@H](C)O)[C@H]2C(=O)NC2C[C@H]3C[C@@H]([C@@H]2C)C3(C)C)cccc1-c1cc(C(=O)N[C@H](C)Cc2ccccc2)cc(N(C)C)c1. The van der Waals surface area contributed by atoms with Crippen LogP contribution in [0.5, 0.6) is 5.75 Å². The van der Waals surface area contributed by atoms with E-state index in [9.17, 15) is 19.8 Å². The van der Waals surface area contributed by atoms with Crippen LogP contribution in [-0.2, 0) is 22.6 Å². The molecule has 1 saturated heterocycles. The monoisotopic (exact) mass is 726 g/mol. The number of aliphatic hydroxyl groups excluding tert-OH is 2. The summed E-state index contributed by atoms with van der Waals surface area (Å²) in [5.41, 5.74) is 5.17. The molecule has 286 valence electrons. The second-order valence-electron chi connectivity index (χ2n) is 16.5. The molecule has 3 saturated carbocycles. The Labute approximate surface area is 314 Å². The van der Waals surface area contributed by atoms with Crippen LogP contribution in [0.3, 0.4) is 0 Å². The number of ether oxygens (including phenoxy) is 1. The zero-order valence-corrected chi connectivity index (χ0v) is 32.5. The minimum absolute atomic E-state index is 0.0403. The summed E-state index contributed by atoms with van der Waals surface area (Å²) >= 11 is 0. The predicted molar refractivity (Wildman–Crippen MR) is 207 cm³/mol. The third-order valence-electron chi connectivity index (χ3n) is 12.5. The first-order chi connectivity index (χ1) is 25.2. The third-order valence-corrected chi connectivity index (χ3v) is 12.5. The molecule has 9 atom stereocenters. The van der Waals surface area contributed by atoms with Crippen LogP contribution in [0.25, 0.3) is 11.1 Å². The molecule has 4 N–H and O–H groups in total. The van der Waals surface area contributed by atoms with Crippen LogP contribution < -0.4 is 20.3 Å². The van der Waals surface area contributed by atoms with Crippen molar-refractivity contribution in [2.75, 3.05) is 32.7 Å². The highest BCUT2D eigenvalue weighted by atomic mass is 16.7. The fourth-order valence-corrected chi connectivity index (χ4v) is 9.31. The Bertz CT molecular complexity index is 1760. The van der Waals surface area contributed by atoms with E-state index in [1.807, 2.05) is 80.5 Å². The van der Waals surface area contributed by atoms with Crippen LogP contribution in [0.1, 0.15) is 68.9 Å². The van der Waals surface area contributed by atoms with Crippen molar-refractivity contribution < 1.29 is 29.4 Å². The number of nitrogens with one attached hydrogen (secondary N) is 2. The van der Waals surface area contributed by atoms with Crippen molar-refractivity contribution in [3.8, 4) is 16.9 Å². The van der Waals surface area contributed by atoms with Crippen molar-refractivity contribution >= 4 is 17.5 Å². The quantitative estimate of drug-likeness (QED) is 0.184. The molecule has 3 aromatic carbocycles. The highest BCUT2D eigenvalue weighted by Crippen LogP contribution is 2.61. The molecule has 0 spiro atoms. The largest absolute Gasteiger partial charge is 0.496 e. The molecule has 7 rings (SSSR count). The summed E-state index contributed by atoms with van der Waals surface area (Å²) in [4.78, 5) is 36.1. The Balaban J connectivity index is 1.27. The van der Waals surface area contributed by atoms with Gasteiger partial charge in [-0.15, -0.1) is 0 Å². The van der Waals surface area contributed by atoms with Crippen LogP contribution in [0.15, 0.2) is 66.7 Å². The van der Waals surface area contributed by atoms with Gasteiger partial charge in [0, 0.05) is 54.5 Å².